The molecule has 33 heavy (non-hydrogen) atoms. The fraction of sp³-hybridized carbons (Fsp3) is 0.190. The van der Waals surface area contributed by atoms with Gasteiger partial charge in [-0.2, -0.15) is 18.3 Å². The first kappa shape index (κ1) is 22.5. The number of benzene rings is 1. The van der Waals surface area contributed by atoms with Gasteiger partial charge in [0.15, 0.2) is 28.5 Å². The van der Waals surface area contributed by atoms with Gasteiger partial charge in [0.05, 0.1) is 32.7 Å². The number of alkyl halides is 3. The van der Waals surface area contributed by atoms with Crippen LogP contribution >= 0.6 is 11.6 Å². The normalized spacial score (nSPS) is 11.6. The van der Waals surface area contributed by atoms with Crippen LogP contribution < -0.4 is 14.8 Å². The number of hydrogen-bond donors (Lipinski definition) is 1. The molecule has 1 amide bonds. The minimum Gasteiger partial charge on any atom is -0.493 e. The quantitative estimate of drug-likeness (QED) is 0.433. The Labute approximate surface area is 189 Å². The molecule has 172 valence electrons. The second-order valence-electron chi connectivity index (χ2n) is 6.75. The zero-order valence-electron chi connectivity index (χ0n) is 17.2. The molecule has 1 aromatic carbocycles. The number of hydrogen-bond acceptors (Lipinski definition) is 6. The average Bonchev–Trinajstić information content (AvgIpc) is 3.43. The van der Waals surface area contributed by atoms with Crippen molar-refractivity contribution in [2.45, 2.75) is 12.7 Å². The fourth-order valence-electron chi connectivity index (χ4n) is 3.15. The van der Waals surface area contributed by atoms with Crippen LogP contribution in [0, 0.1) is 0 Å². The standard InChI is InChI=1S/C21H16ClF3N4O4/c1-31-14-6-5-11(8-15(14)32-2)13-9-16(21(23,24)25)29-19(27-13)17(22)18(28-29)20(30)26-10-12-4-3-7-33-12/h3-9H,10H2,1-2H3,(H,26,30). The molecule has 0 fully saturated rings. The molecule has 3 heterocycles. The molecule has 0 aliphatic rings. The van der Waals surface area contributed by atoms with Gasteiger partial charge in [0, 0.05) is 5.56 Å². The van der Waals surface area contributed by atoms with E-state index in [9.17, 15) is 18.0 Å². The van der Waals surface area contributed by atoms with Gasteiger partial charge < -0.3 is 19.2 Å². The molecule has 12 heteroatoms. The van der Waals surface area contributed by atoms with E-state index in [0.717, 1.165) is 6.07 Å². The van der Waals surface area contributed by atoms with Crippen molar-refractivity contribution in [3.05, 3.63) is 64.8 Å². The van der Waals surface area contributed by atoms with Crippen molar-refractivity contribution in [3.63, 3.8) is 0 Å². The zero-order chi connectivity index (χ0) is 23.8. The summed E-state index contributed by atoms with van der Waals surface area (Å²) in [5.74, 6) is 0.384. The molecule has 1 N–H and O–H groups in total. The van der Waals surface area contributed by atoms with Gasteiger partial charge in [0.1, 0.15) is 10.8 Å². The van der Waals surface area contributed by atoms with Gasteiger partial charge >= 0.3 is 6.18 Å². The van der Waals surface area contributed by atoms with E-state index in [-0.39, 0.29) is 22.9 Å². The average molecular weight is 481 g/mol. The van der Waals surface area contributed by atoms with Crippen LogP contribution in [-0.2, 0) is 12.7 Å². The van der Waals surface area contributed by atoms with Gasteiger partial charge in [-0.3, -0.25) is 4.79 Å². The molecule has 0 spiro atoms. The summed E-state index contributed by atoms with van der Waals surface area (Å²) in [6, 6.07) is 8.64. The van der Waals surface area contributed by atoms with Crippen molar-refractivity contribution >= 4 is 23.2 Å². The summed E-state index contributed by atoms with van der Waals surface area (Å²) < 4.78 is 57.6. The van der Waals surface area contributed by atoms with Gasteiger partial charge in [0.2, 0.25) is 0 Å². The number of amides is 1. The number of methoxy groups -OCH3 is 2. The van der Waals surface area contributed by atoms with Crippen LogP contribution in [0.3, 0.4) is 0 Å². The molecule has 0 aliphatic heterocycles. The third-order valence-electron chi connectivity index (χ3n) is 4.72. The highest BCUT2D eigenvalue weighted by Crippen LogP contribution is 2.37. The van der Waals surface area contributed by atoms with E-state index in [0.29, 0.717) is 27.3 Å². The fourth-order valence-corrected chi connectivity index (χ4v) is 3.39. The van der Waals surface area contributed by atoms with Crippen LogP contribution in [0.15, 0.2) is 47.1 Å². The van der Waals surface area contributed by atoms with Crippen LogP contribution in [0.25, 0.3) is 16.9 Å². The summed E-state index contributed by atoms with van der Waals surface area (Å²) in [5.41, 5.74) is -1.59. The maximum atomic E-state index is 13.9. The topological polar surface area (TPSA) is 90.9 Å². The van der Waals surface area contributed by atoms with Gasteiger partial charge in [0.25, 0.3) is 5.91 Å². The molecule has 3 aromatic heterocycles. The number of aromatic nitrogens is 3. The molecule has 8 nitrogen and oxygen atoms in total. The lowest BCUT2D eigenvalue weighted by atomic mass is 10.1. The first-order chi connectivity index (χ1) is 15.7. The third kappa shape index (κ3) is 4.31. The first-order valence-corrected chi connectivity index (χ1v) is 9.80. The molecule has 0 aliphatic carbocycles. The van der Waals surface area contributed by atoms with Gasteiger partial charge in [-0.1, -0.05) is 11.6 Å². The molecule has 0 saturated heterocycles. The molecule has 4 rings (SSSR count). The SMILES string of the molecule is COc1ccc(-c2cc(C(F)(F)F)n3nc(C(=O)NCc4ccco4)c(Cl)c3n2)cc1OC. The predicted molar refractivity (Wildman–Crippen MR) is 111 cm³/mol. The second kappa shape index (κ2) is 8.66. The third-order valence-corrected chi connectivity index (χ3v) is 5.07. The number of ether oxygens (including phenoxy) is 2. The number of rotatable bonds is 6. The van der Waals surface area contributed by atoms with Crippen LogP contribution in [0.5, 0.6) is 11.5 Å². The molecule has 0 saturated carbocycles. The lowest BCUT2D eigenvalue weighted by Gasteiger charge is -2.12. The zero-order valence-corrected chi connectivity index (χ0v) is 18.0. The Hall–Kier alpha value is -3.73. The smallest absolute Gasteiger partial charge is 0.433 e. The van der Waals surface area contributed by atoms with Gasteiger partial charge in [-0.25, -0.2) is 9.50 Å². The molecular weight excluding hydrogens is 465 g/mol. The lowest BCUT2D eigenvalue weighted by Crippen LogP contribution is -2.23. The number of furan rings is 1. The Morgan fingerprint density at radius 1 is 1.18 bits per heavy atom. The number of halogens is 4. The number of fused-ring (bicyclic) bond motifs is 1. The van der Waals surface area contributed by atoms with Crippen molar-refractivity contribution in [1.82, 2.24) is 19.9 Å². The highest BCUT2D eigenvalue weighted by molar-refractivity contribution is 6.36. The van der Waals surface area contributed by atoms with E-state index >= 15 is 0 Å². The van der Waals surface area contributed by atoms with E-state index in [1.807, 2.05) is 0 Å². The van der Waals surface area contributed by atoms with E-state index in [1.54, 1.807) is 18.2 Å². The van der Waals surface area contributed by atoms with E-state index < -0.39 is 23.5 Å². The summed E-state index contributed by atoms with van der Waals surface area (Å²) in [5, 5.41) is 5.97. The summed E-state index contributed by atoms with van der Waals surface area (Å²) in [4.78, 5) is 16.8. The number of nitrogens with one attached hydrogen (secondary N) is 1. The summed E-state index contributed by atoms with van der Waals surface area (Å²) in [7, 11) is 2.84. The van der Waals surface area contributed by atoms with Crippen molar-refractivity contribution < 1.29 is 31.9 Å². The minimum atomic E-state index is -4.80. The molecule has 0 atom stereocenters. The maximum Gasteiger partial charge on any atom is 0.433 e. The minimum absolute atomic E-state index is 0.00643. The first-order valence-electron chi connectivity index (χ1n) is 9.42. The highest BCUT2D eigenvalue weighted by atomic mass is 35.5. The molecule has 4 aromatic rings. The van der Waals surface area contributed by atoms with Crippen molar-refractivity contribution in [1.29, 1.82) is 0 Å². The summed E-state index contributed by atoms with van der Waals surface area (Å²) >= 11 is 6.26. The molecule has 0 unspecified atom stereocenters. The Morgan fingerprint density at radius 2 is 1.94 bits per heavy atom. The van der Waals surface area contributed by atoms with Crippen LogP contribution in [0.4, 0.5) is 13.2 Å². The Morgan fingerprint density at radius 3 is 2.58 bits per heavy atom. The van der Waals surface area contributed by atoms with Crippen LogP contribution in [0.2, 0.25) is 5.02 Å². The van der Waals surface area contributed by atoms with Crippen molar-refractivity contribution in [2.75, 3.05) is 14.2 Å². The second-order valence-corrected chi connectivity index (χ2v) is 7.13. The Kier molecular flexibility index (Phi) is 5.90. The van der Waals surface area contributed by atoms with E-state index in [4.69, 9.17) is 25.5 Å². The van der Waals surface area contributed by atoms with Crippen molar-refractivity contribution in [3.8, 4) is 22.8 Å². The highest BCUT2D eigenvalue weighted by Gasteiger charge is 2.36. The maximum absolute atomic E-state index is 13.9. The summed E-state index contributed by atoms with van der Waals surface area (Å²) in [6.45, 7) is 0.00643. The predicted octanol–water partition coefficient (Wildman–Crippen LogP) is 4.61. The van der Waals surface area contributed by atoms with Crippen LogP contribution in [-0.4, -0.2) is 34.7 Å². The molecule has 0 bridgehead atoms. The number of carbonyl (C=O) groups excluding carboxylic acids is 1. The van der Waals surface area contributed by atoms with Gasteiger partial charge in [-0.15, -0.1) is 0 Å². The van der Waals surface area contributed by atoms with E-state index in [2.05, 4.69) is 15.4 Å². The van der Waals surface area contributed by atoms with Crippen molar-refractivity contribution in [2.24, 2.45) is 0 Å². The molecular formula is C21H16ClF3N4O4. The largest absolute Gasteiger partial charge is 0.493 e. The van der Waals surface area contributed by atoms with Crippen LogP contribution in [0.1, 0.15) is 21.9 Å². The Balaban J connectivity index is 1.81. The number of nitrogens with zero attached hydrogens (tertiary/aromatic N) is 3. The summed E-state index contributed by atoms with van der Waals surface area (Å²) in [6.07, 6.45) is -3.38. The molecule has 0 radical (unpaired) electrons. The Bertz CT molecular complexity index is 1320. The lowest BCUT2D eigenvalue weighted by molar-refractivity contribution is -0.142. The number of carbonyl (C=O) groups is 1. The monoisotopic (exact) mass is 480 g/mol. The van der Waals surface area contributed by atoms with Gasteiger partial charge in [-0.05, 0) is 36.4 Å². The van der Waals surface area contributed by atoms with E-state index in [1.165, 1.54) is 32.6 Å².